The first-order valence-corrected chi connectivity index (χ1v) is 6.41. The van der Waals surface area contributed by atoms with E-state index in [0.717, 1.165) is 12.1 Å². The maximum Gasteiger partial charge on any atom is 0.422 e. The van der Waals surface area contributed by atoms with Gasteiger partial charge in [-0.05, 0) is 22.0 Å². The van der Waals surface area contributed by atoms with Gasteiger partial charge in [0.1, 0.15) is 35.5 Å². The van der Waals surface area contributed by atoms with Crippen molar-refractivity contribution in [2.45, 2.75) is 6.18 Å². The molecule has 1 rings (SSSR count). The second kappa shape index (κ2) is 7.48. The normalized spacial score (nSPS) is 10.0. The van der Waals surface area contributed by atoms with E-state index in [2.05, 4.69) is 26.0 Å². The summed E-state index contributed by atoms with van der Waals surface area (Å²) in [6, 6.07) is 6.06. The number of allylic oxidation sites excluding steroid dienone is 2. The van der Waals surface area contributed by atoms with E-state index in [1.54, 1.807) is 0 Å². The van der Waals surface area contributed by atoms with Gasteiger partial charge < -0.3 is 10.1 Å². The van der Waals surface area contributed by atoms with E-state index in [1.165, 1.54) is 18.2 Å². The van der Waals surface area contributed by atoms with Gasteiger partial charge in [-0.3, -0.25) is 0 Å². The quantitative estimate of drug-likeness (QED) is 0.625. The van der Waals surface area contributed by atoms with Gasteiger partial charge in [-0.25, -0.2) is 4.39 Å². The highest BCUT2D eigenvalue weighted by molar-refractivity contribution is 9.10. The smallest absolute Gasteiger partial charge is 0.422 e. The molecule has 5 nitrogen and oxygen atoms in total. The van der Waals surface area contributed by atoms with Crippen LogP contribution in [0, 0.1) is 39.8 Å². The first-order valence-electron chi connectivity index (χ1n) is 5.62. The van der Waals surface area contributed by atoms with Crippen LogP contribution in [0.15, 0.2) is 27.9 Å². The highest BCUT2D eigenvalue weighted by Gasteiger charge is 2.29. The predicted molar refractivity (Wildman–Crippen MR) is 73.1 cm³/mol. The van der Waals surface area contributed by atoms with Crippen LogP contribution in [0.2, 0.25) is 0 Å². The molecule has 23 heavy (non-hydrogen) atoms. The maximum atomic E-state index is 13.6. The van der Waals surface area contributed by atoms with E-state index in [9.17, 15) is 17.6 Å². The van der Waals surface area contributed by atoms with Crippen molar-refractivity contribution >= 4 is 21.6 Å². The molecule has 0 fully saturated rings. The number of nitrogens with one attached hydrogen (secondary N) is 1. The number of hydrogen-bond acceptors (Lipinski definition) is 5. The Kier molecular flexibility index (Phi) is 5.94. The van der Waals surface area contributed by atoms with Crippen molar-refractivity contribution < 1.29 is 22.3 Å². The third kappa shape index (κ3) is 5.17. The highest BCUT2D eigenvalue weighted by atomic mass is 79.9. The van der Waals surface area contributed by atoms with Crippen molar-refractivity contribution in [1.29, 1.82) is 15.8 Å². The molecule has 0 aromatic heterocycles. The summed E-state index contributed by atoms with van der Waals surface area (Å²) in [5.74, 6) is -1.27. The molecule has 1 aromatic rings. The Labute approximate surface area is 136 Å². The Hall–Kier alpha value is -2.77. The third-order valence-corrected chi connectivity index (χ3v) is 2.87. The van der Waals surface area contributed by atoms with Gasteiger partial charge >= 0.3 is 6.18 Å². The van der Waals surface area contributed by atoms with Crippen LogP contribution in [0.25, 0.3) is 0 Å². The van der Waals surface area contributed by atoms with E-state index in [0.29, 0.717) is 0 Å². The summed E-state index contributed by atoms with van der Waals surface area (Å²) in [4.78, 5) is 0. The van der Waals surface area contributed by atoms with E-state index in [4.69, 9.17) is 15.8 Å². The van der Waals surface area contributed by atoms with Crippen LogP contribution in [0.4, 0.5) is 23.2 Å². The zero-order chi connectivity index (χ0) is 17.6. The topological polar surface area (TPSA) is 92.6 Å². The molecule has 0 unspecified atom stereocenters. The van der Waals surface area contributed by atoms with E-state index in [1.807, 2.05) is 0 Å². The minimum atomic E-state index is -4.63. The summed E-state index contributed by atoms with van der Waals surface area (Å²) in [5, 5.41) is 28.5. The van der Waals surface area contributed by atoms with Crippen LogP contribution in [-0.4, -0.2) is 12.8 Å². The molecule has 0 aliphatic heterocycles. The molecule has 118 valence electrons. The zero-order valence-electron chi connectivity index (χ0n) is 11.0. The standard InChI is InChI=1S/C13H5BrF4N4O/c14-8-1-12(23-6-13(16,17)18)10(2-9(8)15)22-11(5-21)7(3-19)4-20/h1-2,22H,6H2. The number of nitriles is 3. The molecule has 0 heterocycles. The average Bonchev–Trinajstić information content (AvgIpc) is 2.48. The number of alkyl halides is 3. The molecule has 0 bridgehead atoms. The Morgan fingerprint density at radius 1 is 1.17 bits per heavy atom. The fourth-order valence-electron chi connectivity index (χ4n) is 1.32. The average molecular weight is 389 g/mol. The Balaban J connectivity index is 3.28. The van der Waals surface area contributed by atoms with Crippen LogP contribution >= 0.6 is 15.9 Å². The van der Waals surface area contributed by atoms with Gasteiger partial charge in [0.15, 0.2) is 12.2 Å². The maximum absolute atomic E-state index is 13.6. The fourth-order valence-corrected chi connectivity index (χ4v) is 1.65. The lowest BCUT2D eigenvalue weighted by molar-refractivity contribution is -0.153. The highest BCUT2D eigenvalue weighted by Crippen LogP contribution is 2.33. The molecule has 0 aliphatic carbocycles. The van der Waals surface area contributed by atoms with Crippen molar-refractivity contribution in [3.8, 4) is 24.0 Å². The molecule has 0 radical (unpaired) electrons. The summed E-state index contributed by atoms with van der Waals surface area (Å²) in [6.45, 7) is -1.64. The molecule has 0 saturated carbocycles. The summed E-state index contributed by atoms with van der Waals surface area (Å²) < 4.78 is 54.7. The number of ether oxygens (including phenoxy) is 1. The summed E-state index contributed by atoms with van der Waals surface area (Å²) in [6.07, 6.45) is -4.63. The number of nitrogens with zero attached hydrogens (tertiary/aromatic N) is 3. The number of anilines is 1. The molecular formula is C13H5BrF4N4O. The number of halogens is 5. The molecule has 10 heteroatoms. The zero-order valence-corrected chi connectivity index (χ0v) is 12.6. The van der Waals surface area contributed by atoms with Crippen LogP contribution in [0.5, 0.6) is 5.75 Å². The van der Waals surface area contributed by atoms with Crippen molar-refractivity contribution in [3.63, 3.8) is 0 Å². The Morgan fingerprint density at radius 2 is 1.78 bits per heavy atom. The Bertz CT molecular complexity index is 752. The number of benzene rings is 1. The van der Waals surface area contributed by atoms with Crippen LogP contribution in [-0.2, 0) is 0 Å². The minimum absolute atomic E-state index is 0.163. The van der Waals surface area contributed by atoms with Crippen LogP contribution < -0.4 is 10.1 Å². The van der Waals surface area contributed by atoms with Crippen molar-refractivity contribution in [2.24, 2.45) is 0 Å². The summed E-state index contributed by atoms with van der Waals surface area (Å²) in [7, 11) is 0. The molecular weight excluding hydrogens is 384 g/mol. The second-order valence-corrected chi connectivity index (χ2v) is 4.73. The van der Waals surface area contributed by atoms with Crippen LogP contribution in [0.3, 0.4) is 0 Å². The molecule has 1 aromatic carbocycles. The molecule has 0 amide bonds. The van der Waals surface area contributed by atoms with Gasteiger partial charge in [-0.15, -0.1) is 0 Å². The first-order chi connectivity index (χ1) is 10.7. The third-order valence-electron chi connectivity index (χ3n) is 2.26. The molecule has 0 aliphatic rings. The molecule has 0 atom stereocenters. The molecule has 0 spiro atoms. The minimum Gasteiger partial charge on any atom is -0.482 e. The first kappa shape index (κ1) is 18.3. The summed E-state index contributed by atoms with van der Waals surface area (Å²) in [5.41, 5.74) is -1.50. The van der Waals surface area contributed by atoms with Crippen molar-refractivity contribution in [3.05, 3.63) is 33.7 Å². The van der Waals surface area contributed by atoms with Gasteiger partial charge in [-0.1, -0.05) is 0 Å². The molecule has 0 saturated heterocycles. The SMILES string of the molecule is N#CC(C#N)=C(C#N)Nc1cc(F)c(Br)cc1OCC(F)(F)F. The number of rotatable bonds is 4. The fraction of sp³-hybridized carbons (Fsp3) is 0.154. The van der Waals surface area contributed by atoms with Gasteiger partial charge in [0.2, 0.25) is 0 Å². The van der Waals surface area contributed by atoms with Crippen molar-refractivity contribution in [1.82, 2.24) is 0 Å². The second-order valence-electron chi connectivity index (χ2n) is 3.88. The lowest BCUT2D eigenvalue weighted by atomic mass is 10.2. The number of hydrogen-bond donors (Lipinski definition) is 1. The van der Waals surface area contributed by atoms with Crippen molar-refractivity contribution in [2.75, 3.05) is 11.9 Å². The monoisotopic (exact) mass is 388 g/mol. The lowest BCUT2D eigenvalue weighted by Gasteiger charge is -2.15. The van der Waals surface area contributed by atoms with Crippen LogP contribution in [0.1, 0.15) is 0 Å². The van der Waals surface area contributed by atoms with E-state index >= 15 is 0 Å². The van der Waals surface area contributed by atoms with Gasteiger partial charge in [0.05, 0.1) is 10.2 Å². The summed E-state index contributed by atoms with van der Waals surface area (Å²) >= 11 is 2.79. The largest absolute Gasteiger partial charge is 0.482 e. The predicted octanol–water partition coefficient (Wildman–Crippen LogP) is 3.77. The van der Waals surface area contributed by atoms with Gasteiger partial charge in [0, 0.05) is 6.07 Å². The van der Waals surface area contributed by atoms with E-state index in [-0.39, 0.29) is 10.2 Å². The lowest BCUT2D eigenvalue weighted by Crippen LogP contribution is -2.20. The Morgan fingerprint density at radius 3 is 2.26 bits per heavy atom. The van der Waals surface area contributed by atoms with E-state index < -0.39 is 35.6 Å². The van der Waals surface area contributed by atoms with Gasteiger partial charge in [0.25, 0.3) is 0 Å². The van der Waals surface area contributed by atoms with Gasteiger partial charge in [-0.2, -0.15) is 29.0 Å². The molecule has 1 N–H and O–H groups in total.